The van der Waals surface area contributed by atoms with Crippen LogP contribution in [0.2, 0.25) is 0 Å². The van der Waals surface area contributed by atoms with E-state index in [4.69, 9.17) is 18.9 Å². The number of hydrogen-bond acceptors (Lipinski definition) is 8. The number of likely N-dealkylation sites (N-methyl/N-ethyl adjacent to an activating group) is 1. The number of unbranched alkanes of at least 4 members (excludes halogenated alkanes) is 25. The fourth-order valence-corrected chi connectivity index (χ4v) is 7.83. The summed E-state index contributed by atoms with van der Waals surface area (Å²) in [7, 11) is 5.91. The van der Waals surface area contributed by atoms with Crippen LogP contribution in [0.4, 0.5) is 0 Å². The molecule has 0 amide bonds. The van der Waals surface area contributed by atoms with E-state index in [-0.39, 0.29) is 38.6 Å². The number of esters is 2. The lowest BCUT2D eigenvalue weighted by atomic mass is 10.0. The van der Waals surface area contributed by atoms with Gasteiger partial charge in [-0.05, 0) is 64.2 Å². The maximum atomic E-state index is 12.9. The molecule has 9 heteroatoms. The van der Waals surface area contributed by atoms with Crippen molar-refractivity contribution >= 4 is 17.9 Å². The number of allylic oxidation sites excluding steroid dienone is 12. The van der Waals surface area contributed by atoms with Crippen LogP contribution in [-0.2, 0) is 33.3 Å². The van der Waals surface area contributed by atoms with E-state index in [1.807, 2.05) is 21.1 Å². The third-order valence-electron chi connectivity index (χ3n) is 12.2. The summed E-state index contributed by atoms with van der Waals surface area (Å²) in [5.74, 6) is -2.30. The van der Waals surface area contributed by atoms with Gasteiger partial charge in [-0.1, -0.05) is 234 Å². The van der Waals surface area contributed by atoms with Gasteiger partial charge in [0, 0.05) is 12.8 Å². The number of rotatable bonds is 52. The molecule has 0 radical (unpaired) electrons. The van der Waals surface area contributed by atoms with E-state index in [1.165, 1.54) is 109 Å². The quantitative estimate of drug-likeness (QED) is 0.0195. The molecular formula is C61H107NO8. The molecule has 0 aromatic rings. The van der Waals surface area contributed by atoms with Crippen LogP contribution in [-0.4, -0.2) is 82.3 Å². The minimum Gasteiger partial charge on any atom is -0.545 e. The van der Waals surface area contributed by atoms with Crippen molar-refractivity contribution in [2.45, 2.75) is 251 Å². The molecule has 70 heavy (non-hydrogen) atoms. The first kappa shape index (κ1) is 66.7. The number of quaternary nitrogens is 1. The van der Waals surface area contributed by atoms with Crippen LogP contribution < -0.4 is 5.11 Å². The maximum Gasteiger partial charge on any atom is 0.306 e. The van der Waals surface area contributed by atoms with Crippen LogP contribution >= 0.6 is 0 Å². The van der Waals surface area contributed by atoms with Crippen molar-refractivity contribution in [3.63, 3.8) is 0 Å². The first-order chi connectivity index (χ1) is 34.1. The van der Waals surface area contributed by atoms with Crippen molar-refractivity contribution in [2.24, 2.45) is 0 Å². The highest BCUT2D eigenvalue weighted by Gasteiger charge is 2.22. The SMILES string of the molecule is CC/C=C\C/C=C\C/C=C\C/C=C\C/C=C\C/C=C\CCCCCCCCC(=O)OC(COC(=O)CCCCCCCCCCCCCCCCCCCCCC)COC(OCC[N+](C)(C)C)C(=O)[O-]. The maximum absolute atomic E-state index is 12.9. The average molecular weight is 983 g/mol. The number of carbonyl (C=O) groups excluding carboxylic acids is 3. The van der Waals surface area contributed by atoms with Crippen LogP contribution in [0.3, 0.4) is 0 Å². The number of nitrogens with zero attached hydrogens (tertiary/aromatic N) is 1. The zero-order valence-corrected chi connectivity index (χ0v) is 45.9. The summed E-state index contributed by atoms with van der Waals surface area (Å²) in [5, 5.41) is 11.8. The van der Waals surface area contributed by atoms with Crippen LogP contribution in [0.5, 0.6) is 0 Å². The highest BCUT2D eigenvalue weighted by atomic mass is 16.7. The molecule has 0 aromatic carbocycles. The molecule has 0 aliphatic heterocycles. The topological polar surface area (TPSA) is 111 Å². The van der Waals surface area contributed by atoms with Crippen LogP contribution in [0, 0.1) is 0 Å². The van der Waals surface area contributed by atoms with Gasteiger partial charge in [0.1, 0.15) is 13.2 Å². The summed E-state index contributed by atoms with van der Waals surface area (Å²) in [4.78, 5) is 37.3. The Morgan fingerprint density at radius 2 is 0.814 bits per heavy atom. The van der Waals surface area contributed by atoms with Gasteiger partial charge in [0.05, 0.1) is 40.3 Å². The third-order valence-corrected chi connectivity index (χ3v) is 12.2. The Balaban J connectivity index is 4.31. The minimum absolute atomic E-state index is 0.142. The summed E-state index contributed by atoms with van der Waals surface area (Å²) in [6, 6.07) is 0. The molecule has 0 heterocycles. The van der Waals surface area contributed by atoms with E-state index < -0.39 is 24.3 Å². The molecule has 2 atom stereocenters. The number of aliphatic carboxylic acids is 1. The van der Waals surface area contributed by atoms with Gasteiger partial charge in [-0.2, -0.15) is 0 Å². The number of ether oxygens (including phenoxy) is 4. The number of carbonyl (C=O) groups is 3. The van der Waals surface area contributed by atoms with Crippen molar-refractivity contribution in [2.75, 3.05) is 47.5 Å². The molecule has 0 N–H and O–H groups in total. The molecule has 0 rings (SSSR count). The molecule has 0 saturated heterocycles. The van der Waals surface area contributed by atoms with Crippen LogP contribution in [0.1, 0.15) is 239 Å². The van der Waals surface area contributed by atoms with Crippen molar-refractivity contribution in [1.82, 2.24) is 0 Å². The number of hydrogen-bond donors (Lipinski definition) is 0. The molecule has 404 valence electrons. The van der Waals surface area contributed by atoms with Gasteiger partial charge >= 0.3 is 11.9 Å². The Morgan fingerprint density at radius 3 is 1.21 bits per heavy atom. The Bertz CT molecular complexity index is 1380. The Hall–Kier alpha value is -3.27. The van der Waals surface area contributed by atoms with E-state index >= 15 is 0 Å². The summed E-state index contributed by atoms with van der Waals surface area (Å²) in [6.07, 6.45) is 63.7. The van der Waals surface area contributed by atoms with Crippen molar-refractivity contribution in [3.05, 3.63) is 72.9 Å². The van der Waals surface area contributed by atoms with Gasteiger partial charge in [-0.15, -0.1) is 0 Å². The fraction of sp³-hybridized carbons (Fsp3) is 0.754. The number of carboxylic acid groups (broad SMARTS) is 1. The van der Waals surface area contributed by atoms with Gasteiger partial charge in [-0.3, -0.25) is 9.59 Å². The molecule has 2 unspecified atom stereocenters. The fourth-order valence-electron chi connectivity index (χ4n) is 7.83. The summed E-state index contributed by atoms with van der Waals surface area (Å²) in [5.41, 5.74) is 0. The second-order valence-corrected chi connectivity index (χ2v) is 20.2. The lowest BCUT2D eigenvalue weighted by Crippen LogP contribution is -2.44. The zero-order chi connectivity index (χ0) is 51.3. The minimum atomic E-state index is -1.63. The van der Waals surface area contributed by atoms with E-state index in [9.17, 15) is 19.5 Å². The molecular weight excluding hydrogens is 875 g/mol. The van der Waals surface area contributed by atoms with E-state index in [0.29, 0.717) is 17.4 Å². The summed E-state index contributed by atoms with van der Waals surface area (Å²) in [6.45, 7) is 4.63. The second-order valence-electron chi connectivity index (χ2n) is 20.2. The van der Waals surface area contributed by atoms with E-state index in [0.717, 1.165) is 96.3 Å². The van der Waals surface area contributed by atoms with Crippen molar-refractivity contribution in [1.29, 1.82) is 0 Å². The third kappa shape index (κ3) is 52.6. The molecule has 0 aliphatic rings. The normalized spacial score (nSPS) is 13.3. The molecule has 0 saturated carbocycles. The lowest BCUT2D eigenvalue weighted by Gasteiger charge is -2.26. The highest BCUT2D eigenvalue weighted by Crippen LogP contribution is 2.16. The first-order valence-electron chi connectivity index (χ1n) is 28.6. The van der Waals surface area contributed by atoms with Gasteiger partial charge in [0.25, 0.3) is 0 Å². The Morgan fingerprint density at radius 1 is 0.443 bits per heavy atom. The number of carboxylic acids is 1. The van der Waals surface area contributed by atoms with Crippen molar-refractivity contribution in [3.8, 4) is 0 Å². The highest BCUT2D eigenvalue weighted by molar-refractivity contribution is 5.70. The lowest BCUT2D eigenvalue weighted by molar-refractivity contribution is -0.870. The molecule has 9 nitrogen and oxygen atoms in total. The van der Waals surface area contributed by atoms with E-state index in [1.54, 1.807) is 0 Å². The van der Waals surface area contributed by atoms with Crippen LogP contribution in [0.15, 0.2) is 72.9 Å². The Labute approximate surface area is 430 Å². The molecule has 0 aromatic heterocycles. The molecule has 0 bridgehead atoms. The zero-order valence-electron chi connectivity index (χ0n) is 45.9. The molecule has 0 aliphatic carbocycles. The van der Waals surface area contributed by atoms with Gasteiger partial charge in [-0.25, -0.2) is 0 Å². The average Bonchev–Trinajstić information content (AvgIpc) is 3.33. The predicted molar refractivity (Wildman–Crippen MR) is 292 cm³/mol. The first-order valence-corrected chi connectivity index (χ1v) is 28.6. The smallest absolute Gasteiger partial charge is 0.306 e. The van der Waals surface area contributed by atoms with Crippen molar-refractivity contribution < 1.29 is 42.9 Å². The standard InChI is InChI=1S/C61H107NO8/c1-6-8-10-12-14-16-18-20-22-24-26-28-29-30-31-32-34-36-38-40-42-44-46-48-50-52-59(64)70-57(56-69-61(60(65)66)67-54-53-62(3,4)5)55-68-58(63)51-49-47-45-43-41-39-37-35-33-27-25-23-21-19-17-15-13-11-9-7-2/h8,10,14,16,20,22,26,28,30-31,34,36,57,61H,6-7,9,11-13,15,17-19,21,23-25,27,29,32-33,35,37-56H2,1-5H3/b10-8-,16-14-,22-20-,28-26-,31-30-,36-34-. The monoisotopic (exact) mass is 982 g/mol. The predicted octanol–water partition coefficient (Wildman–Crippen LogP) is 15.3. The Kier molecular flexibility index (Phi) is 49.6. The second kappa shape index (κ2) is 52.1. The summed E-state index contributed by atoms with van der Waals surface area (Å²) >= 11 is 0. The van der Waals surface area contributed by atoms with Gasteiger partial charge in [0.2, 0.25) is 0 Å². The van der Waals surface area contributed by atoms with E-state index in [2.05, 4.69) is 86.8 Å². The summed E-state index contributed by atoms with van der Waals surface area (Å²) < 4.78 is 22.7. The van der Waals surface area contributed by atoms with Gasteiger partial charge < -0.3 is 33.3 Å². The molecule has 0 fully saturated rings. The largest absolute Gasteiger partial charge is 0.545 e. The molecule has 0 spiro atoms. The van der Waals surface area contributed by atoms with Gasteiger partial charge in [0.15, 0.2) is 12.4 Å². The van der Waals surface area contributed by atoms with Crippen LogP contribution in [0.25, 0.3) is 0 Å².